The number of hydrogen-bond acceptors (Lipinski definition) is 3. The van der Waals surface area contributed by atoms with Gasteiger partial charge in [-0.3, -0.25) is 4.79 Å². The van der Waals surface area contributed by atoms with Gasteiger partial charge in [-0.2, -0.15) is 0 Å². The molecule has 2 rings (SSSR count). The van der Waals surface area contributed by atoms with E-state index in [1.807, 2.05) is 31.2 Å². The first kappa shape index (κ1) is 14.8. The molecule has 1 aliphatic carbocycles. The predicted molar refractivity (Wildman–Crippen MR) is 74.5 cm³/mol. The number of benzene rings is 1. The van der Waals surface area contributed by atoms with Crippen molar-refractivity contribution in [2.24, 2.45) is 0 Å². The lowest BCUT2D eigenvalue weighted by molar-refractivity contribution is -0.115. The van der Waals surface area contributed by atoms with Crippen LogP contribution in [0.15, 0.2) is 24.3 Å². The molecular formula is C13H19ClN2O2. The first-order valence-electron chi connectivity index (χ1n) is 6.04. The van der Waals surface area contributed by atoms with Crippen molar-refractivity contribution in [3.05, 3.63) is 24.3 Å². The monoisotopic (exact) mass is 270 g/mol. The zero-order valence-corrected chi connectivity index (χ0v) is 11.3. The van der Waals surface area contributed by atoms with Gasteiger partial charge in [0, 0.05) is 11.7 Å². The molecule has 0 saturated heterocycles. The third-order valence-electron chi connectivity index (χ3n) is 2.58. The zero-order chi connectivity index (χ0) is 12.1. The van der Waals surface area contributed by atoms with Crippen LogP contribution in [-0.4, -0.2) is 25.1 Å². The van der Waals surface area contributed by atoms with Crippen LogP contribution in [0.25, 0.3) is 0 Å². The lowest BCUT2D eigenvalue weighted by Crippen LogP contribution is -2.29. The lowest BCUT2D eigenvalue weighted by Gasteiger charge is -2.07. The summed E-state index contributed by atoms with van der Waals surface area (Å²) in [4.78, 5) is 11.6. The standard InChI is InChI=1S/C13H18N2O2.ClH/c1-2-17-12-7-5-11(6-8-12)15-13(16)9-14-10-3-4-10;/h5-8,10,14H,2-4,9H2,1H3,(H,15,16);1H. The molecule has 0 unspecified atom stereocenters. The minimum Gasteiger partial charge on any atom is -0.494 e. The smallest absolute Gasteiger partial charge is 0.238 e. The number of ether oxygens (including phenoxy) is 1. The van der Waals surface area contributed by atoms with Crippen LogP contribution in [-0.2, 0) is 4.79 Å². The van der Waals surface area contributed by atoms with Gasteiger partial charge in [-0.25, -0.2) is 0 Å². The van der Waals surface area contributed by atoms with Gasteiger partial charge in [0.2, 0.25) is 5.91 Å². The largest absolute Gasteiger partial charge is 0.494 e. The Morgan fingerprint density at radius 1 is 1.33 bits per heavy atom. The van der Waals surface area contributed by atoms with E-state index in [0.29, 0.717) is 19.2 Å². The number of anilines is 1. The molecule has 4 nitrogen and oxygen atoms in total. The van der Waals surface area contributed by atoms with Crippen LogP contribution in [0, 0.1) is 0 Å². The normalized spacial score (nSPS) is 13.6. The van der Waals surface area contributed by atoms with Crippen LogP contribution < -0.4 is 15.4 Å². The molecular weight excluding hydrogens is 252 g/mol. The Morgan fingerprint density at radius 2 is 2.00 bits per heavy atom. The number of nitrogens with one attached hydrogen (secondary N) is 2. The molecule has 1 fully saturated rings. The summed E-state index contributed by atoms with van der Waals surface area (Å²) in [5.41, 5.74) is 0.802. The summed E-state index contributed by atoms with van der Waals surface area (Å²) in [6.07, 6.45) is 2.38. The van der Waals surface area contributed by atoms with E-state index in [2.05, 4.69) is 10.6 Å². The van der Waals surface area contributed by atoms with Gasteiger partial charge in [-0.1, -0.05) is 0 Å². The topological polar surface area (TPSA) is 50.4 Å². The quantitative estimate of drug-likeness (QED) is 0.833. The molecule has 0 spiro atoms. The Kier molecular flexibility index (Phi) is 5.95. The van der Waals surface area contributed by atoms with Crippen molar-refractivity contribution in [3.63, 3.8) is 0 Å². The van der Waals surface area contributed by atoms with Gasteiger partial charge in [0.1, 0.15) is 5.75 Å². The van der Waals surface area contributed by atoms with Crippen LogP contribution in [0.5, 0.6) is 5.75 Å². The van der Waals surface area contributed by atoms with Crippen molar-refractivity contribution in [2.45, 2.75) is 25.8 Å². The molecule has 1 aliphatic rings. The summed E-state index contributed by atoms with van der Waals surface area (Å²) in [7, 11) is 0. The van der Waals surface area contributed by atoms with Crippen molar-refractivity contribution in [1.29, 1.82) is 0 Å². The van der Waals surface area contributed by atoms with E-state index in [1.165, 1.54) is 12.8 Å². The molecule has 1 aromatic rings. The Labute approximate surface area is 114 Å². The van der Waals surface area contributed by atoms with Crippen molar-refractivity contribution in [3.8, 4) is 5.75 Å². The molecule has 2 N–H and O–H groups in total. The average molecular weight is 271 g/mol. The van der Waals surface area contributed by atoms with E-state index in [4.69, 9.17) is 4.74 Å². The molecule has 1 amide bonds. The second kappa shape index (κ2) is 7.24. The van der Waals surface area contributed by atoms with Gasteiger partial charge in [0.25, 0.3) is 0 Å². The molecule has 18 heavy (non-hydrogen) atoms. The molecule has 0 aromatic heterocycles. The third-order valence-corrected chi connectivity index (χ3v) is 2.58. The number of amides is 1. The van der Waals surface area contributed by atoms with Gasteiger partial charge < -0.3 is 15.4 Å². The summed E-state index contributed by atoms with van der Waals surface area (Å²) >= 11 is 0. The highest BCUT2D eigenvalue weighted by Gasteiger charge is 2.20. The second-order valence-electron chi connectivity index (χ2n) is 4.16. The van der Waals surface area contributed by atoms with E-state index in [9.17, 15) is 4.79 Å². The number of carbonyl (C=O) groups excluding carboxylic acids is 1. The Morgan fingerprint density at radius 3 is 2.56 bits per heavy atom. The molecule has 5 heteroatoms. The van der Waals surface area contributed by atoms with Gasteiger partial charge in [0.05, 0.1) is 13.2 Å². The third kappa shape index (κ3) is 4.94. The van der Waals surface area contributed by atoms with Gasteiger partial charge in [0.15, 0.2) is 0 Å². The summed E-state index contributed by atoms with van der Waals surface area (Å²) < 4.78 is 5.33. The van der Waals surface area contributed by atoms with Crippen molar-refractivity contribution in [1.82, 2.24) is 5.32 Å². The molecule has 1 saturated carbocycles. The van der Waals surface area contributed by atoms with Crippen molar-refractivity contribution >= 4 is 24.0 Å². The van der Waals surface area contributed by atoms with Crippen LogP contribution in [0.4, 0.5) is 5.69 Å². The number of carbonyl (C=O) groups is 1. The molecule has 0 bridgehead atoms. The minimum atomic E-state index is 0. The van der Waals surface area contributed by atoms with Gasteiger partial charge in [-0.05, 0) is 44.0 Å². The van der Waals surface area contributed by atoms with E-state index >= 15 is 0 Å². The molecule has 0 atom stereocenters. The lowest BCUT2D eigenvalue weighted by atomic mass is 10.3. The summed E-state index contributed by atoms with van der Waals surface area (Å²) in [5.74, 6) is 0.822. The fourth-order valence-corrected chi connectivity index (χ4v) is 1.53. The number of hydrogen-bond donors (Lipinski definition) is 2. The molecule has 0 radical (unpaired) electrons. The van der Waals surface area contributed by atoms with Crippen LogP contribution in [0.2, 0.25) is 0 Å². The van der Waals surface area contributed by atoms with Crippen LogP contribution in [0.1, 0.15) is 19.8 Å². The maximum Gasteiger partial charge on any atom is 0.238 e. The highest BCUT2D eigenvalue weighted by Crippen LogP contribution is 2.18. The van der Waals surface area contributed by atoms with E-state index in [1.54, 1.807) is 0 Å². The maximum atomic E-state index is 11.6. The van der Waals surface area contributed by atoms with E-state index in [0.717, 1.165) is 11.4 Å². The predicted octanol–water partition coefficient (Wildman–Crippen LogP) is 2.20. The minimum absolute atomic E-state index is 0. The fraction of sp³-hybridized carbons (Fsp3) is 0.462. The Balaban J connectivity index is 0.00000162. The first-order chi connectivity index (χ1) is 8.28. The Bertz CT molecular complexity index is 377. The SMILES string of the molecule is CCOc1ccc(NC(=O)CNC2CC2)cc1.Cl. The van der Waals surface area contributed by atoms with Gasteiger partial charge >= 0.3 is 0 Å². The van der Waals surface area contributed by atoms with Crippen molar-refractivity contribution in [2.75, 3.05) is 18.5 Å². The molecule has 1 aromatic carbocycles. The molecule has 100 valence electrons. The highest BCUT2D eigenvalue weighted by molar-refractivity contribution is 5.92. The fourth-order valence-electron chi connectivity index (χ4n) is 1.53. The van der Waals surface area contributed by atoms with E-state index < -0.39 is 0 Å². The van der Waals surface area contributed by atoms with Gasteiger partial charge in [-0.15, -0.1) is 12.4 Å². The first-order valence-corrected chi connectivity index (χ1v) is 6.04. The number of rotatable bonds is 6. The maximum absolute atomic E-state index is 11.6. The molecule has 0 heterocycles. The van der Waals surface area contributed by atoms with E-state index in [-0.39, 0.29) is 18.3 Å². The van der Waals surface area contributed by atoms with Crippen LogP contribution >= 0.6 is 12.4 Å². The highest BCUT2D eigenvalue weighted by atomic mass is 35.5. The average Bonchev–Trinajstić information content (AvgIpc) is 3.13. The summed E-state index contributed by atoms with van der Waals surface area (Å²) in [6, 6.07) is 7.96. The summed E-state index contributed by atoms with van der Waals surface area (Å²) in [5, 5.41) is 6.01. The van der Waals surface area contributed by atoms with Crippen LogP contribution in [0.3, 0.4) is 0 Å². The second-order valence-corrected chi connectivity index (χ2v) is 4.16. The van der Waals surface area contributed by atoms with Crippen molar-refractivity contribution < 1.29 is 9.53 Å². The Hall–Kier alpha value is -1.26. The number of halogens is 1. The zero-order valence-electron chi connectivity index (χ0n) is 10.4. The molecule has 0 aliphatic heterocycles. The summed E-state index contributed by atoms with van der Waals surface area (Å²) in [6.45, 7) is 2.98.